The number of nitrogens with two attached hydrogens (primary N) is 1. The molecule has 0 aromatic heterocycles. The fraction of sp³-hybridized carbons (Fsp3) is 0.500. The van der Waals surface area contributed by atoms with Gasteiger partial charge in [-0.3, -0.25) is 4.90 Å². The minimum atomic E-state index is 0.386. The third-order valence-electron chi connectivity index (χ3n) is 3.96. The van der Waals surface area contributed by atoms with E-state index >= 15 is 0 Å². The monoisotopic (exact) mass is 259 g/mol. The molecule has 1 aliphatic heterocycles. The molecule has 2 unspecified atom stereocenters. The standard InChI is InChI=1S/C16H25N3/c1-11(2)8-9-19-10-14-6-5-7-15(17)16(14)18-12(3)13(19)4/h5-8,12-13,18H,9-10,17H2,1-4H3. The number of fused-ring (bicyclic) bond motifs is 1. The van der Waals surface area contributed by atoms with Gasteiger partial charge in [0.25, 0.3) is 0 Å². The van der Waals surface area contributed by atoms with E-state index in [0.29, 0.717) is 12.1 Å². The maximum atomic E-state index is 6.09. The molecule has 0 bridgehead atoms. The van der Waals surface area contributed by atoms with Crippen molar-refractivity contribution in [3.63, 3.8) is 0 Å². The van der Waals surface area contributed by atoms with Crippen LogP contribution in [0.25, 0.3) is 0 Å². The van der Waals surface area contributed by atoms with Crippen molar-refractivity contribution in [3.8, 4) is 0 Å². The molecule has 3 N–H and O–H groups in total. The highest BCUT2D eigenvalue weighted by molar-refractivity contribution is 5.71. The predicted octanol–water partition coefficient (Wildman–Crippen LogP) is 3.24. The van der Waals surface area contributed by atoms with E-state index in [9.17, 15) is 0 Å². The van der Waals surface area contributed by atoms with Crippen molar-refractivity contribution >= 4 is 11.4 Å². The maximum Gasteiger partial charge on any atom is 0.0622 e. The summed E-state index contributed by atoms with van der Waals surface area (Å²) in [4.78, 5) is 2.50. The zero-order chi connectivity index (χ0) is 14.0. The minimum absolute atomic E-state index is 0.386. The van der Waals surface area contributed by atoms with E-state index in [1.54, 1.807) is 0 Å². The zero-order valence-corrected chi connectivity index (χ0v) is 12.4. The first-order valence-corrected chi connectivity index (χ1v) is 7.00. The van der Waals surface area contributed by atoms with Crippen molar-refractivity contribution in [2.45, 2.75) is 46.3 Å². The van der Waals surface area contributed by atoms with Gasteiger partial charge in [0, 0.05) is 25.2 Å². The van der Waals surface area contributed by atoms with Gasteiger partial charge in [0.05, 0.1) is 11.4 Å². The average molecular weight is 259 g/mol. The van der Waals surface area contributed by atoms with Gasteiger partial charge in [-0.1, -0.05) is 23.8 Å². The van der Waals surface area contributed by atoms with Gasteiger partial charge in [-0.2, -0.15) is 0 Å². The van der Waals surface area contributed by atoms with Crippen LogP contribution in [0.3, 0.4) is 0 Å². The Kier molecular flexibility index (Phi) is 4.15. The van der Waals surface area contributed by atoms with Crippen molar-refractivity contribution in [1.29, 1.82) is 0 Å². The second kappa shape index (κ2) is 5.66. The first-order valence-electron chi connectivity index (χ1n) is 7.00. The van der Waals surface area contributed by atoms with E-state index in [2.05, 4.69) is 50.1 Å². The Balaban J connectivity index is 2.30. The topological polar surface area (TPSA) is 41.3 Å². The van der Waals surface area contributed by atoms with Gasteiger partial charge in [0.2, 0.25) is 0 Å². The van der Waals surface area contributed by atoms with Gasteiger partial charge < -0.3 is 11.1 Å². The molecule has 104 valence electrons. The van der Waals surface area contributed by atoms with E-state index in [-0.39, 0.29) is 0 Å². The summed E-state index contributed by atoms with van der Waals surface area (Å²) in [6.45, 7) is 10.7. The predicted molar refractivity (Wildman–Crippen MR) is 83.2 cm³/mol. The summed E-state index contributed by atoms with van der Waals surface area (Å²) in [6.07, 6.45) is 2.29. The van der Waals surface area contributed by atoms with Crippen LogP contribution in [0, 0.1) is 0 Å². The molecular formula is C16H25N3. The Hall–Kier alpha value is -1.48. The van der Waals surface area contributed by atoms with Crippen molar-refractivity contribution in [2.75, 3.05) is 17.6 Å². The molecule has 1 aromatic carbocycles. The Morgan fingerprint density at radius 1 is 1.42 bits per heavy atom. The molecule has 3 nitrogen and oxygen atoms in total. The molecule has 0 fully saturated rings. The number of para-hydroxylation sites is 1. The number of nitrogens with zero attached hydrogens (tertiary/aromatic N) is 1. The Labute approximate surface area is 116 Å². The average Bonchev–Trinajstić information content (AvgIpc) is 2.47. The van der Waals surface area contributed by atoms with Crippen LogP contribution in [-0.4, -0.2) is 23.5 Å². The number of nitrogen functional groups attached to an aromatic ring is 1. The molecule has 0 amide bonds. The molecule has 0 saturated carbocycles. The van der Waals surface area contributed by atoms with Crippen molar-refractivity contribution in [3.05, 3.63) is 35.4 Å². The van der Waals surface area contributed by atoms with Crippen LogP contribution in [0.1, 0.15) is 33.3 Å². The van der Waals surface area contributed by atoms with Crippen molar-refractivity contribution in [1.82, 2.24) is 4.90 Å². The smallest absolute Gasteiger partial charge is 0.0622 e. The molecule has 1 heterocycles. The molecule has 0 radical (unpaired) electrons. The lowest BCUT2D eigenvalue weighted by atomic mass is 10.1. The van der Waals surface area contributed by atoms with Crippen LogP contribution >= 0.6 is 0 Å². The van der Waals surface area contributed by atoms with Crippen LogP contribution in [0.4, 0.5) is 11.4 Å². The highest BCUT2D eigenvalue weighted by atomic mass is 15.2. The molecular weight excluding hydrogens is 234 g/mol. The minimum Gasteiger partial charge on any atom is -0.397 e. The molecule has 2 rings (SSSR count). The summed E-state index contributed by atoms with van der Waals surface area (Å²) in [7, 11) is 0. The summed E-state index contributed by atoms with van der Waals surface area (Å²) in [5.74, 6) is 0. The first kappa shape index (κ1) is 13.9. The summed E-state index contributed by atoms with van der Waals surface area (Å²) in [5, 5.41) is 3.57. The Morgan fingerprint density at radius 3 is 2.84 bits per heavy atom. The molecule has 0 saturated heterocycles. The molecule has 0 aliphatic carbocycles. The molecule has 2 atom stereocenters. The van der Waals surface area contributed by atoms with Crippen LogP contribution in [0.2, 0.25) is 0 Å². The van der Waals surface area contributed by atoms with Crippen LogP contribution in [0.15, 0.2) is 29.8 Å². The maximum absolute atomic E-state index is 6.09. The molecule has 1 aliphatic rings. The molecule has 3 heteroatoms. The normalized spacial score (nSPS) is 23.2. The quantitative estimate of drug-likeness (QED) is 0.633. The fourth-order valence-electron chi connectivity index (χ4n) is 2.49. The lowest BCUT2D eigenvalue weighted by molar-refractivity contribution is 0.212. The lowest BCUT2D eigenvalue weighted by Crippen LogP contribution is -2.41. The molecule has 1 aromatic rings. The molecule has 0 spiro atoms. The van der Waals surface area contributed by atoms with Gasteiger partial charge in [-0.25, -0.2) is 0 Å². The van der Waals surface area contributed by atoms with E-state index in [4.69, 9.17) is 5.73 Å². The first-order chi connectivity index (χ1) is 8.99. The van der Waals surface area contributed by atoms with Gasteiger partial charge in [-0.05, 0) is 39.3 Å². The Bertz CT molecular complexity index is 475. The number of rotatable bonds is 2. The highest BCUT2D eigenvalue weighted by Crippen LogP contribution is 2.30. The lowest BCUT2D eigenvalue weighted by Gasteiger charge is -2.29. The summed E-state index contributed by atoms with van der Waals surface area (Å²) < 4.78 is 0. The van der Waals surface area contributed by atoms with E-state index in [1.165, 1.54) is 11.1 Å². The van der Waals surface area contributed by atoms with Crippen LogP contribution in [-0.2, 0) is 6.54 Å². The number of anilines is 2. The molecule has 19 heavy (non-hydrogen) atoms. The number of nitrogens with one attached hydrogen (secondary N) is 1. The number of hydrogen-bond acceptors (Lipinski definition) is 3. The van der Waals surface area contributed by atoms with E-state index in [0.717, 1.165) is 24.5 Å². The van der Waals surface area contributed by atoms with Gasteiger partial charge in [0.15, 0.2) is 0 Å². The largest absolute Gasteiger partial charge is 0.397 e. The Morgan fingerprint density at radius 2 is 2.16 bits per heavy atom. The second-order valence-corrected chi connectivity index (χ2v) is 5.77. The van der Waals surface area contributed by atoms with Crippen LogP contribution in [0.5, 0.6) is 0 Å². The second-order valence-electron chi connectivity index (χ2n) is 5.77. The van der Waals surface area contributed by atoms with Gasteiger partial charge >= 0.3 is 0 Å². The van der Waals surface area contributed by atoms with Gasteiger partial charge in [0.1, 0.15) is 0 Å². The summed E-state index contributed by atoms with van der Waals surface area (Å²) in [5.41, 5.74) is 10.7. The van der Waals surface area contributed by atoms with E-state index in [1.807, 2.05) is 12.1 Å². The number of allylic oxidation sites excluding steroid dienone is 1. The van der Waals surface area contributed by atoms with Crippen molar-refractivity contribution in [2.24, 2.45) is 0 Å². The zero-order valence-electron chi connectivity index (χ0n) is 12.4. The summed E-state index contributed by atoms with van der Waals surface area (Å²) in [6, 6.07) is 7.03. The van der Waals surface area contributed by atoms with Crippen molar-refractivity contribution < 1.29 is 0 Å². The van der Waals surface area contributed by atoms with Crippen LogP contribution < -0.4 is 11.1 Å². The third kappa shape index (κ3) is 3.10. The number of hydrogen-bond donors (Lipinski definition) is 2. The SMILES string of the molecule is CC(C)=CCN1Cc2cccc(N)c2NC(C)C1C. The fourth-order valence-corrected chi connectivity index (χ4v) is 2.49. The third-order valence-corrected chi connectivity index (χ3v) is 3.96. The van der Waals surface area contributed by atoms with Gasteiger partial charge in [-0.15, -0.1) is 0 Å². The summed E-state index contributed by atoms with van der Waals surface area (Å²) >= 11 is 0. The number of benzene rings is 1. The highest BCUT2D eigenvalue weighted by Gasteiger charge is 2.25. The van der Waals surface area contributed by atoms with E-state index < -0.39 is 0 Å².